The second-order valence-corrected chi connectivity index (χ2v) is 10.1. The molecule has 2 saturated heterocycles. The van der Waals surface area contributed by atoms with Gasteiger partial charge in [-0.1, -0.05) is 11.8 Å². The summed E-state index contributed by atoms with van der Waals surface area (Å²) in [7, 11) is 11.6. The Balaban J connectivity index is 1.87. The van der Waals surface area contributed by atoms with E-state index < -0.39 is 37.0 Å². The van der Waals surface area contributed by atoms with Gasteiger partial charge in [-0.3, -0.25) is 0 Å². The molecule has 2 heterocycles. The maximum absolute atomic E-state index is 12.6. The Morgan fingerprint density at radius 2 is 1.56 bits per heavy atom. The molecule has 7 atom stereocenters. The summed E-state index contributed by atoms with van der Waals surface area (Å²) in [6.45, 7) is 4.14. The maximum Gasteiger partial charge on any atom is 0.116 e. The molecular weight excluding hydrogens is 389 g/mol. The Bertz CT molecular complexity index is 513. The van der Waals surface area contributed by atoms with E-state index in [1.165, 1.54) is 0 Å². The van der Waals surface area contributed by atoms with Crippen molar-refractivity contribution in [3.63, 3.8) is 0 Å². The van der Waals surface area contributed by atoms with E-state index in [4.69, 9.17) is 55.5 Å². The molecule has 0 spiro atoms. The number of rotatable bonds is 10. The van der Waals surface area contributed by atoms with Crippen molar-refractivity contribution in [1.29, 1.82) is 0 Å². The van der Waals surface area contributed by atoms with Crippen molar-refractivity contribution in [2.45, 2.75) is 89.2 Å². The highest BCUT2D eigenvalue weighted by molar-refractivity contribution is 8.06. The predicted molar refractivity (Wildman–Crippen MR) is 104 cm³/mol. The zero-order chi connectivity index (χ0) is 20.2. The fraction of sp³-hybridized carbons (Fsp3) is 1.00. The summed E-state index contributed by atoms with van der Waals surface area (Å²) in [4.78, 5) is 12.6. The van der Waals surface area contributed by atoms with Crippen LogP contribution in [0, 0.1) is 0 Å². The van der Waals surface area contributed by atoms with E-state index in [9.17, 15) is 4.89 Å². The van der Waals surface area contributed by atoms with Gasteiger partial charge in [-0.2, -0.15) is 0 Å². The van der Waals surface area contributed by atoms with Crippen LogP contribution in [0.25, 0.3) is 0 Å². The highest BCUT2D eigenvalue weighted by Gasteiger charge is 2.37. The van der Waals surface area contributed by atoms with Crippen LogP contribution in [0.3, 0.4) is 0 Å². The molecule has 0 bridgehead atoms. The third-order valence-corrected chi connectivity index (χ3v) is 5.73. The van der Waals surface area contributed by atoms with E-state index >= 15 is 0 Å². The third kappa shape index (κ3) is 8.03. The first-order chi connectivity index (χ1) is 12.6. The summed E-state index contributed by atoms with van der Waals surface area (Å²) in [6.07, 6.45) is -0.771. The topological polar surface area (TPSA) is 78.4 Å². The van der Waals surface area contributed by atoms with Crippen LogP contribution in [0.5, 0.6) is 0 Å². The van der Waals surface area contributed by atoms with Gasteiger partial charge in [0.05, 0.1) is 37.6 Å². The molecule has 0 aromatic heterocycles. The molecule has 2 fully saturated rings. The van der Waals surface area contributed by atoms with Gasteiger partial charge < -0.3 is 32.9 Å². The molecular formula is C16H28B2O7PS-. The second-order valence-electron chi connectivity index (χ2n) is 7.39. The van der Waals surface area contributed by atoms with Crippen LogP contribution in [-0.2, 0) is 39.8 Å². The summed E-state index contributed by atoms with van der Waals surface area (Å²) < 4.78 is 33.4. The zero-order valence-corrected chi connectivity index (χ0v) is 18.0. The summed E-state index contributed by atoms with van der Waals surface area (Å²) >= 11 is 5.04. The number of hydrogen-bond acceptors (Lipinski definition) is 8. The van der Waals surface area contributed by atoms with Crippen LogP contribution < -0.4 is 4.89 Å². The van der Waals surface area contributed by atoms with Crippen molar-refractivity contribution in [3.8, 4) is 0 Å². The summed E-state index contributed by atoms with van der Waals surface area (Å²) in [5.41, 5.74) is 0. The van der Waals surface area contributed by atoms with Gasteiger partial charge in [-0.25, -0.2) is 0 Å². The van der Waals surface area contributed by atoms with Gasteiger partial charge >= 0.3 is 0 Å². The van der Waals surface area contributed by atoms with Gasteiger partial charge in [0.15, 0.2) is 0 Å². The average molecular weight is 417 g/mol. The van der Waals surface area contributed by atoms with Crippen molar-refractivity contribution < 1.29 is 32.9 Å². The lowest BCUT2D eigenvalue weighted by molar-refractivity contribution is -0.215. The first kappa shape index (κ1) is 23.8. The Morgan fingerprint density at radius 1 is 1.00 bits per heavy atom. The molecule has 0 amide bonds. The SMILES string of the molecule is [B][C@H]1CC(OC(C)C)[C@@H](COP([O-])(=S)OC2C[C@H]([B])O[C@@H]2COC(C)C)O1. The van der Waals surface area contributed by atoms with Crippen LogP contribution in [-0.4, -0.2) is 77.5 Å². The standard InChI is InChI=1S/C16H29B2O7PS/c1-9(2)20-7-13-12(6-16(18)23-13)25-26(19,27)21-8-14-11(22-10(3)4)5-15(17)24-14/h9-16H,5-8H2,1-4H3,(H,19,27)/p-1/t11?,12?,13-,14-,15-,16-,26?/m1/s1. The quantitative estimate of drug-likeness (QED) is 0.381. The highest BCUT2D eigenvalue weighted by atomic mass is 32.5. The van der Waals surface area contributed by atoms with Gasteiger partial charge in [0.2, 0.25) is 0 Å². The van der Waals surface area contributed by atoms with Gasteiger partial charge in [0.1, 0.15) is 34.6 Å². The molecule has 4 radical (unpaired) electrons. The predicted octanol–water partition coefficient (Wildman–Crippen LogP) is 0.759. The second kappa shape index (κ2) is 10.5. The Labute approximate surface area is 169 Å². The van der Waals surface area contributed by atoms with Crippen LogP contribution >= 0.6 is 6.72 Å². The van der Waals surface area contributed by atoms with E-state index in [-0.39, 0.29) is 31.5 Å². The molecule has 2 aliphatic heterocycles. The van der Waals surface area contributed by atoms with E-state index in [0.29, 0.717) is 12.8 Å². The molecule has 2 rings (SSSR count). The van der Waals surface area contributed by atoms with Gasteiger partial charge in [0, 0.05) is 12.0 Å². The molecule has 7 nitrogen and oxygen atoms in total. The van der Waals surface area contributed by atoms with E-state index in [0.717, 1.165) is 0 Å². The smallest absolute Gasteiger partial charge is 0.116 e. The van der Waals surface area contributed by atoms with Crippen LogP contribution in [0.2, 0.25) is 0 Å². The van der Waals surface area contributed by atoms with Crippen LogP contribution in [0.1, 0.15) is 40.5 Å². The lowest BCUT2D eigenvalue weighted by Crippen LogP contribution is -2.33. The Hall–Kier alpha value is 0.500. The number of hydrogen-bond donors (Lipinski definition) is 0. The molecule has 3 unspecified atom stereocenters. The zero-order valence-electron chi connectivity index (χ0n) is 16.3. The minimum Gasteiger partial charge on any atom is -0.780 e. The van der Waals surface area contributed by atoms with Crippen LogP contribution in [0.15, 0.2) is 0 Å². The van der Waals surface area contributed by atoms with Crippen molar-refractivity contribution in [2.24, 2.45) is 0 Å². The molecule has 0 aromatic rings. The molecule has 27 heavy (non-hydrogen) atoms. The monoisotopic (exact) mass is 417 g/mol. The summed E-state index contributed by atoms with van der Waals surface area (Å²) in [5, 5.41) is 0. The van der Waals surface area contributed by atoms with Gasteiger partial charge in [-0.15, -0.1) is 0 Å². The average Bonchev–Trinajstić information content (AvgIpc) is 3.04. The molecule has 0 aliphatic carbocycles. The minimum atomic E-state index is -3.77. The fourth-order valence-corrected chi connectivity index (χ4v) is 4.50. The summed E-state index contributed by atoms with van der Waals surface area (Å²) in [6, 6.07) is -0.975. The Kier molecular flexibility index (Phi) is 9.25. The first-order valence-electron chi connectivity index (χ1n) is 9.29. The third-order valence-electron chi connectivity index (χ3n) is 4.16. The highest BCUT2D eigenvalue weighted by Crippen LogP contribution is 2.44. The van der Waals surface area contributed by atoms with Crippen LogP contribution in [0.4, 0.5) is 0 Å². The molecule has 11 heteroatoms. The molecule has 0 aromatic carbocycles. The summed E-state index contributed by atoms with van der Waals surface area (Å²) in [5.74, 6) is 0. The van der Waals surface area contributed by atoms with Crippen molar-refractivity contribution in [1.82, 2.24) is 0 Å². The lowest BCUT2D eigenvalue weighted by atomic mass is 9.96. The van der Waals surface area contributed by atoms with Crippen molar-refractivity contribution >= 4 is 34.2 Å². The minimum absolute atomic E-state index is 0.0109. The van der Waals surface area contributed by atoms with Crippen molar-refractivity contribution in [3.05, 3.63) is 0 Å². The Morgan fingerprint density at radius 3 is 2.11 bits per heavy atom. The van der Waals surface area contributed by atoms with Gasteiger partial charge in [-0.05, 0) is 40.5 Å². The van der Waals surface area contributed by atoms with Crippen molar-refractivity contribution in [2.75, 3.05) is 13.2 Å². The normalized spacial score (nSPS) is 36.6. The van der Waals surface area contributed by atoms with E-state index in [1.807, 2.05) is 27.7 Å². The first-order valence-corrected chi connectivity index (χ1v) is 11.8. The van der Waals surface area contributed by atoms with Gasteiger partial charge in [0.25, 0.3) is 0 Å². The number of ether oxygens (including phenoxy) is 4. The molecule has 0 saturated carbocycles. The maximum atomic E-state index is 12.6. The lowest BCUT2D eigenvalue weighted by Gasteiger charge is -2.33. The molecule has 0 N–H and O–H groups in total. The molecule has 2 aliphatic rings. The molecule has 152 valence electrons. The van der Waals surface area contributed by atoms with E-state index in [1.54, 1.807) is 0 Å². The van der Waals surface area contributed by atoms with E-state index in [2.05, 4.69) is 0 Å². The largest absolute Gasteiger partial charge is 0.780 e. The fourth-order valence-electron chi connectivity index (χ4n) is 3.04.